The summed E-state index contributed by atoms with van der Waals surface area (Å²) in [6.45, 7) is 7.73. The Labute approximate surface area is 221 Å². The highest BCUT2D eigenvalue weighted by Gasteiger charge is 2.51. The number of carbonyl (C=O) groups excluding carboxylic acids is 2. The molecule has 9 nitrogen and oxygen atoms in total. The van der Waals surface area contributed by atoms with Gasteiger partial charge in [0.05, 0.1) is 20.3 Å². The van der Waals surface area contributed by atoms with E-state index in [0.29, 0.717) is 23.6 Å². The van der Waals surface area contributed by atoms with E-state index in [1.54, 1.807) is 42.8 Å². The zero-order valence-electron chi connectivity index (χ0n) is 22.3. The van der Waals surface area contributed by atoms with Crippen LogP contribution in [-0.4, -0.2) is 35.5 Å². The SMILES string of the molecule is Cc1c(C)[n+]([O-])c([C@H](c2ccc(OCCc3ccc4c(c3)CCO4)cc2)C2C(=O)OC(C)(C)OC2=O)n1C. The summed E-state index contributed by atoms with van der Waals surface area (Å²) in [5.74, 6) is -3.21. The van der Waals surface area contributed by atoms with Crippen molar-refractivity contribution in [2.24, 2.45) is 13.0 Å². The number of hydrogen-bond acceptors (Lipinski definition) is 7. The number of rotatable bonds is 7. The molecular formula is C29H32N2O7. The van der Waals surface area contributed by atoms with E-state index in [1.165, 1.54) is 25.0 Å². The third-order valence-corrected chi connectivity index (χ3v) is 7.35. The summed E-state index contributed by atoms with van der Waals surface area (Å²) in [5.41, 5.74) is 4.22. The molecule has 0 spiro atoms. The number of aromatic nitrogens is 2. The minimum atomic E-state index is -1.37. The highest BCUT2D eigenvalue weighted by atomic mass is 16.7. The van der Waals surface area contributed by atoms with Gasteiger partial charge in [0.25, 0.3) is 11.6 Å². The fraction of sp³-hybridized carbons (Fsp3) is 0.414. The molecule has 38 heavy (non-hydrogen) atoms. The molecule has 1 saturated heterocycles. The van der Waals surface area contributed by atoms with Crippen LogP contribution in [0.25, 0.3) is 0 Å². The summed E-state index contributed by atoms with van der Waals surface area (Å²) >= 11 is 0. The van der Waals surface area contributed by atoms with Gasteiger partial charge >= 0.3 is 11.9 Å². The van der Waals surface area contributed by atoms with Crippen LogP contribution >= 0.6 is 0 Å². The van der Waals surface area contributed by atoms with Crippen LogP contribution in [0.3, 0.4) is 0 Å². The predicted molar refractivity (Wildman–Crippen MR) is 137 cm³/mol. The Morgan fingerprint density at radius 1 is 1.11 bits per heavy atom. The summed E-state index contributed by atoms with van der Waals surface area (Å²) in [5, 5.41) is 13.2. The third kappa shape index (κ3) is 4.68. The van der Waals surface area contributed by atoms with Crippen LogP contribution < -0.4 is 14.2 Å². The molecule has 3 heterocycles. The molecule has 0 amide bonds. The van der Waals surface area contributed by atoms with Crippen molar-refractivity contribution in [3.8, 4) is 11.5 Å². The first-order valence-electron chi connectivity index (χ1n) is 12.7. The maximum absolute atomic E-state index is 13.2. The van der Waals surface area contributed by atoms with Gasteiger partial charge in [-0.15, -0.1) is 0 Å². The Kier molecular flexibility index (Phi) is 6.54. The topological polar surface area (TPSA) is 103 Å². The van der Waals surface area contributed by atoms with Gasteiger partial charge in [0.15, 0.2) is 5.92 Å². The molecule has 0 saturated carbocycles. The number of imidazole rings is 1. The zero-order chi connectivity index (χ0) is 27.2. The second-order valence-electron chi connectivity index (χ2n) is 10.3. The van der Waals surface area contributed by atoms with Crippen LogP contribution in [0, 0.1) is 25.0 Å². The summed E-state index contributed by atoms with van der Waals surface area (Å²) < 4.78 is 24.8. The van der Waals surface area contributed by atoms with Crippen LogP contribution in [0.5, 0.6) is 11.5 Å². The van der Waals surface area contributed by atoms with Gasteiger partial charge in [0.1, 0.15) is 28.8 Å². The predicted octanol–water partition coefficient (Wildman–Crippen LogP) is 3.42. The van der Waals surface area contributed by atoms with Crippen molar-refractivity contribution in [3.05, 3.63) is 81.6 Å². The lowest BCUT2D eigenvalue weighted by atomic mass is 9.84. The fourth-order valence-corrected chi connectivity index (χ4v) is 5.15. The van der Waals surface area contributed by atoms with E-state index in [9.17, 15) is 14.8 Å². The molecule has 200 valence electrons. The van der Waals surface area contributed by atoms with Crippen LogP contribution in [0.2, 0.25) is 0 Å². The van der Waals surface area contributed by atoms with Crippen LogP contribution in [0.15, 0.2) is 42.5 Å². The number of nitrogens with zero attached hydrogens (tertiary/aromatic N) is 2. The Morgan fingerprint density at radius 2 is 1.79 bits per heavy atom. The molecule has 0 N–H and O–H groups in total. The highest BCUT2D eigenvalue weighted by molar-refractivity contribution is 5.98. The van der Waals surface area contributed by atoms with Crippen molar-refractivity contribution in [1.29, 1.82) is 0 Å². The second-order valence-corrected chi connectivity index (χ2v) is 10.3. The molecule has 2 aromatic carbocycles. The normalized spacial score (nSPS) is 17.4. The molecule has 1 atom stereocenters. The van der Waals surface area contributed by atoms with E-state index in [4.69, 9.17) is 18.9 Å². The van der Waals surface area contributed by atoms with E-state index in [0.717, 1.165) is 35.6 Å². The van der Waals surface area contributed by atoms with E-state index in [2.05, 4.69) is 6.07 Å². The number of fused-ring (bicyclic) bond motifs is 1. The van der Waals surface area contributed by atoms with Crippen molar-refractivity contribution >= 4 is 11.9 Å². The fourth-order valence-electron chi connectivity index (χ4n) is 5.15. The number of benzene rings is 2. The lowest BCUT2D eigenvalue weighted by Gasteiger charge is -2.35. The van der Waals surface area contributed by atoms with Gasteiger partial charge in [-0.1, -0.05) is 24.3 Å². The Balaban J connectivity index is 1.39. The van der Waals surface area contributed by atoms with Crippen LogP contribution in [0.1, 0.15) is 53.7 Å². The standard InChI is InChI=1S/C29H32N2O7/c1-17-18(2)31(34)26(30(17)5)24(25-27(32)37-29(3,4)38-28(25)33)20-7-9-22(10-8-20)35-14-12-19-6-11-23-21(16-19)13-15-36-23/h6-11,16,24-25H,12-15H2,1-5H3/t24-/m1/s1. The lowest BCUT2D eigenvalue weighted by Crippen LogP contribution is -2.50. The van der Waals surface area contributed by atoms with E-state index < -0.39 is 29.6 Å². The Morgan fingerprint density at radius 3 is 2.42 bits per heavy atom. The molecule has 9 heteroatoms. The Hall–Kier alpha value is -4.01. The minimum absolute atomic E-state index is 0.257. The van der Waals surface area contributed by atoms with Gasteiger partial charge in [0, 0.05) is 40.5 Å². The maximum Gasteiger partial charge on any atom is 0.324 e. The van der Waals surface area contributed by atoms with Gasteiger partial charge in [-0.05, 0) is 34.9 Å². The number of carbonyl (C=O) groups is 2. The highest BCUT2D eigenvalue weighted by Crippen LogP contribution is 2.38. The average Bonchev–Trinajstić information content (AvgIpc) is 3.40. The molecule has 2 aliphatic heterocycles. The van der Waals surface area contributed by atoms with Gasteiger partial charge in [0.2, 0.25) is 0 Å². The molecule has 1 aromatic heterocycles. The maximum atomic E-state index is 13.2. The van der Waals surface area contributed by atoms with Crippen molar-refractivity contribution in [2.75, 3.05) is 13.2 Å². The van der Waals surface area contributed by atoms with Gasteiger partial charge < -0.3 is 24.2 Å². The second kappa shape index (κ2) is 9.70. The first-order chi connectivity index (χ1) is 18.1. The third-order valence-electron chi connectivity index (χ3n) is 7.35. The van der Waals surface area contributed by atoms with E-state index >= 15 is 0 Å². The van der Waals surface area contributed by atoms with Gasteiger partial charge in [-0.2, -0.15) is 0 Å². The smallest absolute Gasteiger partial charge is 0.324 e. The summed E-state index contributed by atoms with van der Waals surface area (Å²) in [6.07, 6.45) is 1.67. The minimum Gasteiger partial charge on any atom is -0.711 e. The van der Waals surface area contributed by atoms with Crippen molar-refractivity contribution in [3.63, 3.8) is 0 Å². The number of ether oxygens (including phenoxy) is 4. The van der Waals surface area contributed by atoms with Gasteiger partial charge in [-0.25, -0.2) is 9.30 Å². The number of cyclic esters (lactones) is 2. The van der Waals surface area contributed by atoms with Crippen LogP contribution in [0.4, 0.5) is 0 Å². The van der Waals surface area contributed by atoms with Crippen molar-refractivity contribution < 1.29 is 33.3 Å². The quantitative estimate of drug-likeness (QED) is 0.204. The zero-order valence-corrected chi connectivity index (χ0v) is 22.3. The molecule has 0 aliphatic carbocycles. The molecule has 0 unspecified atom stereocenters. The van der Waals surface area contributed by atoms with Crippen LogP contribution in [-0.2, 0) is 39.0 Å². The molecule has 1 fully saturated rings. The number of esters is 2. The van der Waals surface area contributed by atoms with E-state index in [-0.39, 0.29) is 5.82 Å². The molecule has 0 bridgehead atoms. The Bertz CT molecular complexity index is 1350. The van der Waals surface area contributed by atoms with E-state index in [1.807, 2.05) is 19.1 Å². The largest absolute Gasteiger partial charge is 0.711 e. The molecule has 0 radical (unpaired) electrons. The summed E-state index contributed by atoms with van der Waals surface area (Å²) in [6, 6.07) is 13.3. The molecule has 5 rings (SSSR count). The van der Waals surface area contributed by atoms with Crippen molar-refractivity contribution in [2.45, 2.75) is 52.2 Å². The molecular weight excluding hydrogens is 488 g/mol. The lowest BCUT2D eigenvalue weighted by molar-refractivity contribution is -0.621. The summed E-state index contributed by atoms with van der Waals surface area (Å²) in [4.78, 5) is 26.1. The summed E-state index contributed by atoms with van der Waals surface area (Å²) in [7, 11) is 1.74. The average molecular weight is 521 g/mol. The first-order valence-corrected chi connectivity index (χ1v) is 12.7. The number of hydrogen-bond donors (Lipinski definition) is 0. The van der Waals surface area contributed by atoms with Crippen molar-refractivity contribution in [1.82, 2.24) is 4.57 Å². The molecule has 3 aromatic rings. The molecule has 2 aliphatic rings. The van der Waals surface area contributed by atoms with Gasteiger partial charge in [-0.3, -0.25) is 9.59 Å². The first kappa shape index (κ1) is 25.6. The monoisotopic (exact) mass is 520 g/mol.